The number of rotatable bonds is 5. The molecule has 0 spiro atoms. The van der Waals surface area contributed by atoms with Gasteiger partial charge >= 0.3 is 0 Å². The Morgan fingerprint density at radius 2 is 1.21 bits per heavy atom. The van der Waals surface area contributed by atoms with E-state index in [-0.39, 0.29) is 0 Å². The minimum Gasteiger partial charge on any atom is -0.303 e. The number of hydrogen-bond donors (Lipinski definition) is 0. The van der Waals surface area contributed by atoms with Crippen molar-refractivity contribution in [2.45, 2.75) is 19.3 Å². The Balaban J connectivity index is 0.000000191. The molecule has 2 nitrogen and oxygen atoms in total. The van der Waals surface area contributed by atoms with Gasteiger partial charge in [-0.1, -0.05) is 60.7 Å². The first-order valence-corrected chi connectivity index (χ1v) is 6.32. The van der Waals surface area contributed by atoms with Crippen molar-refractivity contribution >= 4 is 12.6 Å². The fraction of sp³-hybridized carbons (Fsp3) is 0.176. The number of hydrogen-bond acceptors (Lipinski definition) is 2. The van der Waals surface area contributed by atoms with Crippen LogP contribution in [0.25, 0.3) is 0 Å². The van der Waals surface area contributed by atoms with Crippen LogP contribution in [0.3, 0.4) is 0 Å². The zero-order valence-corrected chi connectivity index (χ0v) is 10.9. The standard InChI is InChI=1S/C9H10O.C8H8O/c10-8-4-7-9-5-2-1-3-6-9;9-7-6-8-4-2-1-3-5-8/h1-3,5-6,8H,4,7H2;1-5,7H,6H2. The lowest BCUT2D eigenvalue weighted by atomic mass is 10.1. The van der Waals surface area contributed by atoms with Crippen LogP contribution in [0.4, 0.5) is 0 Å². The molecule has 0 aromatic heterocycles. The minimum atomic E-state index is 0.529. The van der Waals surface area contributed by atoms with Crippen LogP contribution in [0.15, 0.2) is 60.7 Å². The molecule has 19 heavy (non-hydrogen) atoms. The molecule has 2 rings (SSSR count). The molecular weight excluding hydrogens is 236 g/mol. The van der Waals surface area contributed by atoms with E-state index in [9.17, 15) is 9.59 Å². The van der Waals surface area contributed by atoms with Gasteiger partial charge in [0.25, 0.3) is 0 Å². The number of carbonyl (C=O) groups is 2. The first-order valence-electron chi connectivity index (χ1n) is 6.32. The maximum atomic E-state index is 9.98. The van der Waals surface area contributed by atoms with Gasteiger partial charge in [0.2, 0.25) is 0 Å². The fourth-order valence-electron chi connectivity index (χ4n) is 1.58. The van der Waals surface area contributed by atoms with Gasteiger partial charge in [0.15, 0.2) is 0 Å². The number of benzene rings is 2. The van der Waals surface area contributed by atoms with Crippen LogP contribution < -0.4 is 0 Å². The van der Waals surface area contributed by atoms with Gasteiger partial charge in [-0.3, -0.25) is 0 Å². The molecule has 0 amide bonds. The Morgan fingerprint density at radius 1 is 0.684 bits per heavy atom. The van der Waals surface area contributed by atoms with E-state index >= 15 is 0 Å². The molecule has 0 unspecified atom stereocenters. The number of carbonyl (C=O) groups excluding carboxylic acids is 2. The smallest absolute Gasteiger partial charge is 0.124 e. The lowest BCUT2D eigenvalue weighted by Crippen LogP contribution is -1.83. The highest BCUT2D eigenvalue weighted by molar-refractivity contribution is 5.54. The van der Waals surface area contributed by atoms with E-state index in [0.717, 1.165) is 24.6 Å². The van der Waals surface area contributed by atoms with Gasteiger partial charge in [0.05, 0.1) is 0 Å². The SMILES string of the molecule is O=CCCc1ccccc1.O=CCc1ccccc1. The maximum Gasteiger partial charge on any atom is 0.124 e. The van der Waals surface area contributed by atoms with Gasteiger partial charge in [-0.05, 0) is 17.5 Å². The summed E-state index contributed by atoms with van der Waals surface area (Å²) in [4.78, 5) is 20.0. The van der Waals surface area contributed by atoms with Crippen molar-refractivity contribution in [1.29, 1.82) is 0 Å². The molecule has 2 aromatic rings. The molecule has 0 aliphatic rings. The van der Waals surface area contributed by atoms with Crippen molar-refractivity contribution in [3.05, 3.63) is 71.8 Å². The van der Waals surface area contributed by atoms with E-state index in [1.807, 2.05) is 60.7 Å². The van der Waals surface area contributed by atoms with Gasteiger partial charge in [-0.15, -0.1) is 0 Å². The van der Waals surface area contributed by atoms with Crippen molar-refractivity contribution < 1.29 is 9.59 Å². The van der Waals surface area contributed by atoms with Gasteiger partial charge in [-0.25, -0.2) is 0 Å². The molecule has 0 atom stereocenters. The zero-order chi connectivity index (χ0) is 13.8. The second-order valence-electron chi connectivity index (χ2n) is 4.05. The van der Waals surface area contributed by atoms with Gasteiger partial charge in [-0.2, -0.15) is 0 Å². The van der Waals surface area contributed by atoms with Crippen LogP contribution in [0.5, 0.6) is 0 Å². The van der Waals surface area contributed by atoms with E-state index in [4.69, 9.17) is 0 Å². The van der Waals surface area contributed by atoms with E-state index < -0.39 is 0 Å². The fourth-order valence-corrected chi connectivity index (χ4v) is 1.58. The average Bonchev–Trinajstić information content (AvgIpc) is 2.48. The number of aldehydes is 2. The largest absolute Gasteiger partial charge is 0.303 e. The first kappa shape index (κ1) is 14.8. The minimum absolute atomic E-state index is 0.529. The molecule has 98 valence electrons. The summed E-state index contributed by atoms with van der Waals surface area (Å²) in [6.45, 7) is 0. The summed E-state index contributed by atoms with van der Waals surface area (Å²) in [5.74, 6) is 0. The predicted octanol–water partition coefficient (Wildman–Crippen LogP) is 3.25. The van der Waals surface area contributed by atoms with Crippen molar-refractivity contribution in [2.75, 3.05) is 0 Å². The lowest BCUT2D eigenvalue weighted by molar-refractivity contribution is -0.108. The Labute approximate surface area is 114 Å². The molecule has 2 heteroatoms. The normalized spacial score (nSPS) is 9.05. The molecular formula is C17H18O2. The maximum absolute atomic E-state index is 9.98. The van der Waals surface area contributed by atoms with E-state index in [2.05, 4.69) is 0 Å². The summed E-state index contributed by atoms with van der Waals surface area (Å²) >= 11 is 0. The molecule has 0 bridgehead atoms. The Hall–Kier alpha value is -2.22. The molecule has 0 saturated carbocycles. The molecule has 0 fully saturated rings. The lowest BCUT2D eigenvalue weighted by Gasteiger charge is -1.93. The second kappa shape index (κ2) is 9.77. The molecule has 0 heterocycles. The van der Waals surface area contributed by atoms with Crippen LogP contribution in [-0.4, -0.2) is 12.6 Å². The van der Waals surface area contributed by atoms with Crippen LogP contribution in [-0.2, 0) is 22.4 Å². The van der Waals surface area contributed by atoms with Crippen LogP contribution >= 0.6 is 0 Å². The molecule has 0 radical (unpaired) electrons. The Morgan fingerprint density at radius 3 is 1.68 bits per heavy atom. The van der Waals surface area contributed by atoms with Gasteiger partial charge in [0.1, 0.15) is 12.6 Å². The van der Waals surface area contributed by atoms with Crippen molar-refractivity contribution in [3.63, 3.8) is 0 Å². The quantitative estimate of drug-likeness (QED) is 0.768. The zero-order valence-electron chi connectivity index (χ0n) is 10.9. The molecule has 0 aliphatic heterocycles. The summed E-state index contributed by atoms with van der Waals surface area (Å²) in [5.41, 5.74) is 2.31. The van der Waals surface area contributed by atoms with Gasteiger partial charge < -0.3 is 9.59 Å². The monoisotopic (exact) mass is 254 g/mol. The summed E-state index contributed by atoms with van der Waals surface area (Å²) in [7, 11) is 0. The molecule has 0 aliphatic carbocycles. The first-order chi connectivity index (χ1) is 9.36. The number of aryl methyl sites for hydroxylation is 1. The van der Waals surface area contributed by atoms with Crippen molar-refractivity contribution in [1.82, 2.24) is 0 Å². The Kier molecular flexibility index (Phi) is 7.63. The van der Waals surface area contributed by atoms with Crippen molar-refractivity contribution in [3.8, 4) is 0 Å². The van der Waals surface area contributed by atoms with Crippen LogP contribution in [0, 0.1) is 0 Å². The highest BCUT2D eigenvalue weighted by Gasteiger charge is 1.87. The summed E-state index contributed by atoms with van der Waals surface area (Å²) in [5, 5.41) is 0. The van der Waals surface area contributed by atoms with E-state index in [1.54, 1.807) is 0 Å². The third kappa shape index (κ3) is 6.94. The van der Waals surface area contributed by atoms with Crippen LogP contribution in [0.1, 0.15) is 17.5 Å². The predicted molar refractivity (Wildman–Crippen MR) is 77.0 cm³/mol. The Bertz CT molecular complexity index is 463. The summed E-state index contributed by atoms with van der Waals surface area (Å²) in [6.07, 6.45) is 3.89. The third-order valence-corrected chi connectivity index (χ3v) is 2.56. The van der Waals surface area contributed by atoms with E-state index in [1.165, 1.54) is 5.56 Å². The second-order valence-corrected chi connectivity index (χ2v) is 4.05. The molecule has 0 N–H and O–H groups in total. The van der Waals surface area contributed by atoms with E-state index in [0.29, 0.717) is 12.8 Å². The summed E-state index contributed by atoms with van der Waals surface area (Å²) in [6, 6.07) is 19.7. The third-order valence-electron chi connectivity index (χ3n) is 2.56. The topological polar surface area (TPSA) is 34.1 Å². The average molecular weight is 254 g/mol. The highest BCUT2D eigenvalue weighted by Crippen LogP contribution is 2.00. The van der Waals surface area contributed by atoms with Crippen LogP contribution in [0.2, 0.25) is 0 Å². The molecule has 2 aromatic carbocycles. The highest BCUT2D eigenvalue weighted by atomic mass is 16.1. The van der Waals surface area contributed by atoms with Crippen molar-refractivity contribution in [2.24, 2.45) is 0 Å². The van der Waals surface area contributed by atoms with Gasteiger partial charge in [0, 0.05) is 12.8 Å². The summed E-state index contributed by atoms with van der Waals surface area (Å²) < 4.78 is 0. The molecule has 0 saturated heterocycles.